The maximum absolute atomic E-state index is 11.6. The van der Waals surface area contributed by atoms with E-state index < -0.39 is 6.09 Å². The number of nitrogens with one attached hydrogen (secondary N) is 2. The molecule has 0 atom stereocenters. The van der Waals surface area contributed by atoms with Crippen molar-refractivity contribution in [2.45, 2.75) is 19.6 Å². The molecule has 0 unspecified atom stereocenters. The highest BCUT2D eigenvalue weighted by molar-refractivity contribution is 5.67. The van der Waals surface area contributed by atoms with Gasteiger partial charge in [-0.25, -0.2) is 4.79 Å². The van der Waals surface area contributed by atoms with Crippen LogP contribution in [0.15, 0.2) is 54.6 Å². The number of amides is 1. The van der Waals surface area contributed by atoms with Gasteiger partial charge in [0, 0.05) is 13.1 Å². The zero-order valence-corrected chi connectivity index (χ0v) is 13.6. The smallest absolute Gasteiger partial charge is 0.407 e. The molecule has 2 N–H and O–H groups in total. The number of hydrogen-bond acceptors (Lipinski definition) is 3. The normalized spacial score (nSPS) is 13.5. The van der Waals surface area contributed by atoms with Gasteiger partial charge in [-0.3, -0.25) is 0 Å². The average Bonchev–Trinajstić information content (AvgIpc) is 2.64. The third-order valence-electron chi connectivity index (χ3n) is 4.00. The van der Waals surface area contributed by atoms with Crippen LogP contribution in [0, 0.1) is 0 Å². The zero-order chi connectivity index (χ0) is 16.6. The van der Waals surface area contributed by atoms with Gasteiger partial charge in [-0.15, -0.1) is 0 Å². The molecule has 1 amide bonds. The van der Waals surface area contributed by atoms with Crippen LogP contribution in [0.5, 0.6) is 0 Å². The second kappa shape index (κ2) is 8.31. The molecule has 124 valence electrons. The highest BCUT2D eigenvalue weighted by atomic mass is 16.5. The van der Waals surface area contributed by atoms with Crippen LogP contribution in [0.3, 0.4) is 0 Å². The van der Waals surface area contributed by atoms with Crippen molar-refractivity contribution in [3.63, 3.8) is 0 Å². The maximum Gasteiger partial charge on any atom is 0.407 e. The monoisotopic (exact) mass is 322 g/mol. The van der Waals surface area contributed by atoms with Crippen molar-refractivity contribution < 1.29 is 9.53 Å². The summed E-state index contributed by atoms with van der Waals surface area (Å²) in [5.74, 6) is 0. The number of hydrogen-bond donors (Lipinski definition) is 2. The van der Waals surface area contributed by atoms with Gasteiger partial charge < -0.3 is 15.4 Å². The van der Waals surface area contributed by atoms with E-state index in [0.29, 0.717) is 6.54 Å². The quantitative estimate of drug-likeness (QED) is 0.888. The Bertz CT molecular complexity index is 711. The number of benzene rings is 2. The van der Waals surface area contributed by atoms with Crippen LogP contribution in [-0.4, -0.2) is 19.2 Å². The largest absolute Gasteiger partial charge is 0.445 e. The second-order valence-corrected chi connectivity index (χ2v) is 5.80. The Morgan fingerprint density at radius 1 is 1.17 bits per heavy atom. The molecule has 1 heterocycles. The predicted octanol–water partition coefficient (Wildman–Crippen LogP) is 3.27. The van der Waals surface area contributed by atoms with Crippen LogP contribution >= 0.6 is 0 Å². The highest BCUT2D eigenvalue weighted by Gasteiger charge is 2.07. The van der Waals surface area contributed by atoms with Crippen LogP contribution in [0.4, 0.5) is 4.79 Å². The molecule has 0 aromatic heterocycles. The summed E-state index contributed by atoms with van der Waals surface area (Å²) in [4.78, 5) is 11.6. The molecule has 1 aliphatic heterocycles. The number of rotatable bonds is 5. The molecule has 0 aliphatic carbocycles. The van der Waals surface area contributed by atoms with Crippen molar-refractivity contribution in [2.24, 2.45) is 0 Å². The second-order valence-electron chi connectivity index (χ2n) is 5.80. The molecule has 2 aromatic carbocycles. The minimum absolute atomic E-state index is 0.287. The van der Waals surface area contributed by atoms with Crippen LogP contribution in [0.25, 0.3) is 6.08 Å². The van der Waals surface area contributed by atoms with Crippen LogP contribution < -0.4 is 10.6 Å². The third kappa shape index (κ3) is 4.70. The number of alkyl carbamates (subject to hydrolysis) is 1. The van der Waals surface area contributed by atoms with E-state index >= 15 is 0 Å². The number of carbonyl (C=O) groups excluding carboxylic acids is 1. The number of ether oxygens (including phenoxy) is 1. The summed E-state index contributed by atoms with van der Waals surface area (Å²) in [6, 6.07) is 16.1. The summed E-state index contributed by atoms with van der Waals surface area (Å²) in [5, 5.41) is 6.10. The van der Waals surface area contributed by atoms with Crippen molar-refractivity contribution in [1.82, 2.24) is 10.6 Å². The minimum atomic E-state index is -0.403. The van der Waals surface area contributed by atoms with Gasteiger partial charge in [0.25, 0.3) is 0 Å². The summed E-state index contributed by atoms with van der Waals surface area (Å²) in [5.41, 5.74) is 4.92. The molecular formula is C20H22N2O2. The predicted molar refractivity (Wildman–Crippen MR) is 95.5 cm³/mol. The standard InChI is InChI=1S/C20H22N2O2/c23-20(24-15-17-5-2-1-3-6-17)22-11-4-7-16-8-9-19-14-21-12-10-18(19)13-16/h1-9,13,21H,10-12,14-15H2,(H,22,23). The lowest BCUT2D eigenvalue weighted by atomic mass is 9.98. The lowest BCUT2D eigenvalue weighted by Crippen LogP contribution is -2.24. The molecule has 2 aromatic rings. The molecule has 0 saturated heterocycles. The van der Waals surface area contributed by atoms with Crippen LogP contribution in [0.1, 0.15) is 22.3 Å². The van der Waals surface area contributed by atoms with Gasteiger partial charge in [-0.2, -0.15) is 0 Å². The number of fused-ring (bicyclic) bond motifs is 1. The van der Waals surface area contributed by atoms with E-state index in [4.69, 9.17) is 4.74 Å². The SMILES string of the molecule is O=C(NCC=Cc1ccc2c(c1)CCNC2)OCc1ccccc1. The van der Waals surface area contributed by atoms with E-state index in [2.05, 4.69) is 28.8 Å². The summed E-state index contributed by atoms with van der Waals surface area (Å²) < 4.78 is 5.16. The maximum atomic E-state index is 11.6. The lowest BCUT2D eigenvalue weighted by molar-refractivity contribution is 0.141. The van der Waals surface area contributed by atoms with Crippen molar-refractivity contribution in [3.8, 4) is 0 Å². The van der Waals surface area contributed by atoms with Gasteiger partial charge in [-0.05, 0) is 35.2 Å². The lowest BCUT2D eigenvalue weighted by Gasteiger charge is -2.17. The van der Waals surface area contributed by atoms with Gasteiger partial charge >= 0.3 is 6.09 Å². The molecule has 0 saturated carbocycles. The van der Waals surface area contributed by atoms with E-state index in [1.54, 1.807) is 0 Å². The van der Waals surface area contributed by atoms with E-state index in [1.165, 1.54) is 11.1 Å². The summed E-state index contributed by atoms with van der Waals surface area (Å²) in [6.45, 7) is 2.73. The Balaban J connectivity index is 1.42. The van der Waals surface area contributed by atoms with Crippen molar-refractivity contribution in [3.05, 3.63) is 76.9 Å². The van der Waals surface area contributed by atoms with Crippen molar-refractivity contribution in [1.29, 1.82) is 0 Å². The summed E-state index contributed by atoms with van der Waals surface area (Å²) in [7, 11) is 0. The van der Waals surface area contributed by atoms with Crippen molar-refractivity contribution >= 4 is 12.2 Å². The Morgan fingerprint density at radius 2 is 2.04 bits per heavy atom. The van der Waals surface area contributed by atoms with E-state index in [0.717, 1.165) is 30.6 Å². The van der Waals surface area contributed by atoms with Gasteiger partial charge in [-0.1, -0.05) is 60.7 Å². The van der Waals surface area contributed by atoms with Crippen LogP contribution in [-0.2, 0) is 24.3 Å². The highest BCUT2D eigenvalue weighted by Crippen LogP contribution is 2.16. The summed E-state index contributed by atoms with van der Waals surface area (Å²) in [6.07, 6.45) is 4.63. The molecule has 24 heavy (non-hydrogen) atoms. The molecule has 1 aliphatic rings. The fraction of sp³-hybridized carbons (Fsp3) is 0.250. The van der Waals surface area contributed by atoms with Crippen molar-refractivity contribution in [2.75, 3.05) is 13.1 Å². The Labute approximate surface area is 142 Å². The van der Waals surface area contributed by atoms with Crippen LogP contribution in [0.2, 0.25) is 0 Å². The van der Waals surface area contributed by atoms with Gasteiger partial charge in [0.15, 0.2) is 0 Å². The molecule has 4 nitrogen and oxygen atoms in total. The zero-order valence-electron chi connectivity index (χ0n) is 13.6. The molecule has 0 spiro atoms. The topological polar surface area (TPSA) is 50.4 Å². The van der Waals surface area contributed by atoms with E-state index in [-0.39, 0.29) is 6.61 Å². The number of carbonyl (C=O) groups is 1. The van der Waals surface area contributed by atoms with E-state index in [9.17, 15) is 4.79 Å². The average molecular weight is 322 g/mol. The molecular weight excluding hydrogens is 300 g/mol. The Kier molecular flexibility index (Phi) is 5.64. The van der Waals surface area contributed by atoms with E-state index in [1.807, 2.05) is 42.5 Å². The third-order valence-corrected chi connectivity index (χ3v) is 4.00. The van der Waals surface area contributed by atoms with Gasteiger partial charge in [0.1, 0.15) is 6.61 Å². The van der Waals surface area contributed by atoms with Gasteiger partial charge in [0.2, 0.25) is 0 Å². The first kappa shape index (κ1) is 16.3. The fourth-order valence-corrected chi connectivity index (χ4v) is 2.71. The van der Waals surface area contributed by atoms with Gasteiger partial charge in [0.05, 0.1) is 0 Å². The first-order valence-electron chi connectivity index (χ1n) is 8.25. The molecule has 3 rings (SSSR count). The minimum Gasteiger partial charge on any atom is -0.445 e. The molecule has 4 heteroatoms. The molecule has 0 bridgehead atoms. The first-order chi connectivity index (χ1) is 11.8. The Morgan fingerprint density at radius 3 is 2.92 bits per heavy atom. The Hall–Kier alpha value is -2.59. The fourth-order valence-electron chi connectivity index (χ4n) is 2.71. The summed E-state index contributed by atoms with van der Waals surface area (Å²) >= 11 is 0. The first-order valence-corrected chi connectivity index (χ1v) is 8.25. The molecule has 0 radical (unpaired) electrons. The molecule has 0 fully saturated rings.